The molecule has 0 radical (unpaired) electrons. The van der Waals surface area contributed by atoms with Crippen LogP contribution in [0.1, 0.15) is 11.7 Å². The van der Waals surface area contributed by atoms with E-state index in [0.29, 0.717) is 17.3 Å². The summed E-state index contributed by atoms with van der Waals surface area (Å²) in [6, 6.07) is 11.9. The largest absolute Gasteiger partial charge is 0.480 e. The summed E-state index contributed by atoms with van der Waals surface area (Å²) in [6.07, 6.45) is -0.321. The van der Waals surface area contributed by atoms with E-state index in [2.05, 4.69) is 10.1 Å². The first-order valence-corrected chi connectivity index (χ1v) is 6.75. The number of alkyl halides is 2. The molecule has 0 bridgehead atoms. The van der Waals surface area contributed by atoms with Crippen molar-refractivity contribution in [3.05, 3.63) is 53.1 Å². The first kappa shape index (κ1) is 13.9. The van der Waals surface area contributed by atoms with E-state index >= 15 is 0 Å². The zero-order valence-corrected chi connectivity index (χ0v) is 11.6. The Morgan fingerprint density at radius 3 is 2.86 bits per heavy atom. The third-order valence-corrected chi connectivity index (χ3v) is 3.46. The average Bonchev–Trinajstić information content (AvgIpc) is 2.47. The molecule has 1 atom stereocenters. The molecule has 1 N–H and O–H groups in total. The van der Waals surface area contributed by atoms with Gasteiger partial charge in [-0.05, 0) is 29.8 Å². The lowest BCUT2D eigenvalue weighted by molar-refractivity contribution is -0.0499. The first-order chi connectivity index (χ1) is 10.1. The predicted molar refractivity (Wildman–Crippen MR) is 76.4 cm³/mol. The molecule has 0 aliphatic carbocycles. The van der Waals surface area contributed by atoms with Crippen LogP contribution in [0.2, 0.25) is 5.02 Å². The fraction of sp³-hybridized carbons (Fsp3) is 0.200. The molecular formula is C15H12ClF2NO2. The molecule has 110 valence electrons. The fourth-order valence-corrected chi connectivity index (χ4v) is 2.45. The highest BCUT2D eigenvalue weighted by molar-refractivity contribution is 6.32. The van der Waals surface area contributed by atoms with Crippen LogP contribution >= 0.6 is 11.6 Å². The zero-order valence-electron chi connectivity index (χ0n) is 10.9. The lowest BCUT2D eigenvalue weighted by Gasteiger charge is -2.28. The minimum atomic E-state index is -2.85. The quantitative estimate of drug-likeness (QED) is 0.906. The molecule has 3 rings (SSSR count). The Kier molecular flexibility index (Phi) is 3.84. The van der Waals surface area contributed by atoms with Gasteiger partial charge in [0.25, 0.3) is 0 Å². The Labute approximate surface area is 125 Å². The zero-order chi connectivity index (χ0) is 14.8. The molecule has 21 heavy (non-hydrogen) atoms. The smallest absolute Gasteiger partial charge is 0.387 e. The third-order valence-electron chi connectivity index (χ3n) is 3.16. The van der Waals surface area contributed by atoms with Crippen molar-refractivity contribution < 1.29 is 18.3 Å². The van der Waals surface area contributed by atoms with Gasteiger partial charge in [0.05, 0.1) is 17.3 Å². The van der Waals surface area contributed by atoms with Crippen molar-refractivity contribution in [1.29, 1.82) is 0 Å². The van der Waals surface area contributed by atoms with Crippen molar-refractivity contribution in [2.24, 2.45) is 0 Å². The van der Waals surface area contributed by atoms with Crippen LogP contribution in [0.3, 0.4) is 0 Å². The second-order valence-corrected chi connectivity index (χ2v) is 4.96. The lowest BCUT2D eigenvalue weighted by Crippen LogP contribution is -2.23. The van der Waals surface area contributed by atoms with Crippen LogP contribution < -0.4 is 14.8 Å². The van der Waals surface area contributed by atoms with Gasteiger partial charge in [0.1, 0.15) is 11.9 Å². The average molecular weight is 312 g/mol. The third kappa shape index (κ3) is 3.03. The molecule has 1 aliphatic heterocycles. The summed E-state index contributed by atoms with van der Waals surface area (Å²) < 4.78 is 34.8. The lowest BCUT2D eigenvalue weighted by atomic mass is 10.1. The van der Waals surface area contributed by atoms with Crippen LogP contribution in [-0.2, 0) is 0 Å². The van der Waals surface area contributed by atoms with Gasteiger partial charge in [-0.15, -0.1) is 0 Å². The van der Waals surface area contributed by atoms with Gasteiger partial charge in [0.2, 0.25) is 0 Å². The fourth-order valence-electron chi connectivity index (χ4n) is 2.23. The highest BCUT2D eigenvalue weighted by atomic mass is 35.5. The standard InChI is InChI=1S/C15H12ClF2NO2/c16-11-5-2-6-12-14(11)21-13(8-19-12)9-3-1-4-10(7-9)20-15(17)18/h1-7,13,15,19H,8H2. The molecule has 6 heteroatoms. The van der Waals surface area contributed by atoms with E-state index in [0.717, 1.165) is 11.3 Å². The van der Waals surface area contributed by atoms with Crippen LogP contribution in [0.5, 0.6) is 11.5 Å². The number of hydrogen-bond donors (Lipinski definition) is 1. The SMILES string of the molecule is FC(F)Oc1cccc(C2CNc3cccc(Cl)c3O2)c1. The highest BCUT2D eigenvalue weighted by Crippen LogP contribution is 2.39. The topological polar surface area (TPSA) is 30.5 Å². The van der Waals surface area contributed by atoms with Gasteiger partial charge in [0.15, 0.2) is 5.75 Å². The highest BCUT2D eigenvalue weighted by Gasteiger charge is 2.23. The molecule has 0 aromatic heterocycles. The van der Waals surface area contributed by atoms with E-state index in [4.69, 9.17) is 16.3 Å². The van der Waals surface area contributed by atoms with Gasteiger partial charge in [0, 0.05) is 0 Å². The minimum absolute atomic E-state index is 0.107. The van der Waals surface area contributed by atoms with Crippen molar-refractivity contribution in [1.82, 2.24) is 0 Å². The molecule has 2 aromatic carbocycles. The molecule has 0 spiro atoms. The van der Waals surface area contributed by atoms with Crippen molar-refractivity contribution in [3.63, 3.8) is 0 Å². The van der Waals surface area contributed by atoms with E-state index in [1.54, 1.807) is 24.3 Å². The molecular weight excluding hydrogens is 300 g/mol. The predicted octanol–water partition coefficient (Wildman–Crippen LogP) is 4.49. The van der Waals surface area contributed by atoms with Crippen molar-refractivity contribution in [3.8, 4) is 11.5 Å². The Morgan fingerprint density at radius 2 is 2.05 bits per heavy atom. The number of benzene rings is 2. The van der Waals surface area contributed by atoms with Gasteiger partial charge >= 0.3 is 6.61 Å². The number of rotatable bonds is 3. The molecule has 1 unspecified atom stereocenters. The number of fused-ring (bicyclic) bond motifs is 1. The maximum atomic E-state index is 12.3. The summed E-state index contributed by atoms with van der Waals surface area (Å²) in [5, 5.41) is 3.72. The Hall–Kier alpha value is -2.01. The molecule has 1 heterocycles. The molecule has 2 aromatic rings. The summed E-state index contributed by atoms with van der Waals surface area (Å²) in [5.41, 5.74) is 1.56. The van der Waals surface area contributed by atoms with Crippen molar-refractivity contribution >= 4 is 17.3 Å². The number of para-hydroxylation sites is 1. The van der Waals surface area contributed by atoms with Crippen LogP contribution in [0.4, 0.5) is 14.5 Å². The summed E-state index contributed by atoms with van der Waals surface area (Å²) in [4.78, 5) is 0. The number of ether oxygens (including phenoxy) is 2. The van der Waals surface area contributed by atoms with Crippen molar-refractivity contribution in [2.75, 3.05) is 11.9 Å². The second-order valence-electron chi connectivity index (χ2n) is 4.55. The number of anilines is 1. The summed E-state index contributed by atoms with van der Waals surface area (Å²) in [5.74, 6) is 0.673. The van der Waals surface area contributed by atoms with Gasteiger partial charge in [-0.1, -0.05) is 29.8 Å². The molecule has 3 nitrogen and oxygen atoms in total. The first-order valence-electron chi connectivity index (χ1n) is 6.37. The number of hydrogen-bond acceptors (Lipinski definition) is 3. The number of nitrogens with one attached hydrogen (secondary N) is 1. The minimum Gasteiger partial charge on any atom is -0.480 e. The monoisotopic (exact) mass is 311 g/mol. The number of halogens is 3. The Bertz CT molecular complexity index is 651. The van der Waals surface area contributed by atoms with E-state index in [1.165, 1.54) is 6.07 Å². The van der Waals surface area contributed by atoms with Crippen LogP contribution in [0.15, 0.2) is 42.5 Å². The molecule has 0 amide bonds. The van der Waals surface area contributed by atoms with Gasteiger partial charge in [-0.3, -0.25) is 0 Å². The van der Waals surface area contributed by atoms with Gasteiger partial charge in [-0.25, -0.2) is 0 Å². The van der Waals surface area contributed by atoms with Gasteiger partial charge < -0.3 is 14.8 Å². The summed E-state index contributed by atoms with van der Waals surface area (Å²) in [6.45, 7) is -2.33. The van der Waals surface area contributed by atoms with Crippen LogP contribution in [-0.4, -0.2) is 13.2 Å². The van der Waals surface area contributed by atoms with E-state index in [1.807, 2.05) is 12.1 Å². The van der Waals surface area contributed by atoms with Crippen molar-refractivity contribution in [2.45, 2.75) is 12.7 Å². The maximum Gasteiger partial charge on any atom is 0.387 e. The molecule has 0 fully saturated rings. The van der Waals surface area contributed by atoms with E-state index in [-0.39, 0.29) is 11.9 Å². The van der Waals surface area contributed by atoms with Gasteiger partial charge in [-0.2, -0.15) is 8.78 Å². The maximum absolute atomic E-state index is 12.3. The normalized spacial score (nSPS) is 16.9. The Balaban J connectivity index is 1.84. The molecule has 1 aliphatic rings. The molecule has 0 saturated heterocycles. The summed E-state index contributed by atoms with van der Waals surface area (Å²) >= 11 is 6.11. The summed E-state index contributed by atoms with van der Waals surface area (Å²) in [7, 11) is 0. The van der Waals surface area contributed by atoms with E-state index in [9.17, 15) is 8.78 Å². The van der Waals surface area contributed by atoms with Crippen LogP contribution in [0, 0.1) is 0 Å². The Morgan fingerprint density at radius 1 is 1.24 bits per heavy atom. The van der Waals surface area contributed by atoms with E-state index < -0.39 is 6.61 Å². The van der Waals surface area contributed by atoms with Crippen LogP contribution in [0.25, 0.3) is 0 Å². The molecule has 0 saturated carbocycles. The second kappa shape index (κ2) is 5.77.